The van der Waals surface area contributed by atoms with Gasteiger partial charge in [-0.15, -0.1) is 0 Å². The van der Waals surface area contributed by atoms with Gasteiger partial charge in [-0.2, -0.15) is 0 Å². The van der Waals surface area contributed by atoms with Crippen molar-refractivity contribution in [2.24, 2.45) is 5.92 Å². The van der Waals surface area contributed by atoms with Gasteiger partial charge in [-0.25, -0.2) is 4.39 Å². The average Bonchev–Trinajstić information content (AvgIpc) is 2.25. The highest BCUT2D eigenvalue weighted by Gasteiger charge is 2.32. The van der Waals surface area contributed by atoms with Crippen LogP contribution in [0.2, 0.25) is 0 Å². The van der Waals surface area contributed by atoms with Gasteiger partial charge in [0.25, 0.3) is 0 Å². The summed E-state index contributed by atoms with van der Waals surface area (Å²) in [7, 11) is 0. The number of benzene rings is 1. The van der Waals surface area contributed by atoms with E-state index < -0.39 is 0 Å². The quantitative estimate of drug-likeness (QED) is 0.795. The SMILES string of the molecule is O=C(C1CNC1)N1CCCc2cc(F)ccc21. The molecule has 1 fully saturated rings. The molecule has 3 nitrogen and oxygen atoms in total. The van der Waals surface area contributed by atoms with Crippen molar-refractivity contribution in [1.82, 2.24) is 5.32 Å². The Hall–Kier alpha value is -1.42. The van der Waals surface area contributed by atoms with E-state index in [0.29, 0.717) is 0 Å². The third-order valence-corrected chi connectivity index (χ3v) is 3.56. The van der Waals surface area contributed by atoms with Gasteiger partial charge in [0.2, 0.25) is 5.91 Å². The molecule has 4 heteroatoms. The Bertz CT molecular complexity index is 457. The number of carbonyl (C=O) groups is 1. The number of nitrogens with one attached hydrogen (secondary N) is 1. The number of hydrogen-bond donors (Lipinski definition) is 1. The topological polar surface area (TPSA) is 32.3 Å². The largest absolute Gasteiger partial charge is 0.315 e. The van der Waals surface area contributed by atoms with E-state index in [2.05, 4.69) is 5.32 Å². The second-order valence-corrected chi connectivity index (χ2v) is 4.72. The fourth-order valence-electron chi connectivity index (χ4n) is 2.48. The van der Waals surface area contributed by atoms with E-state index in [1.54, 1.807) is 12.1 Å². The Kier molecular flexibility index (Phi) is 2.59. The summed E-state index contributed by atoms with van der Waals surface area (Å²) in [5.74, 6) is 0.0608. The lowest BCUT2D eigenvalue weighted by atomic mass is 9.97. The average molecular weight is 234 g/mol. The first-order valence-electron chi connectivity index (χ1n) is 6.06. The summed E-state index contributed by atoms with van der Waals surface area (Å²) in [6.07, 6.45) is 1.78. The standard InChI is InChI=1S/C13H15FN2O/c14-11-3-4-12-9(6-11)2-1-5-16(12)13(17)10-7-15-8-10/h3-4,6,10,15H,1-2,5,7-8H2. The molecule has 0 bridgehead atoms. The summed E-state index contributed by atoms with van der Waals surface area (Å²) in [5, 5.41) is 3.11. The van der Waals surface area contributed by atoms with Gasteiger partial charge < -0.3 is 10.2 Å². The van der Waals surface area contributed by atoms with Gasteiger partial charge >= 0.3 is 0 Å². The van der Waals surface area contributed by atoms with Crippen molar-refractivity contribution in [2.45, 2.75) is 12.8 Å². The number of halogens is 1. The van der Waals surface area contributed by atoms with Gasteiger partial charge in [0, 0.05) is 25.3 Å². The molecule has 2 aliphatic rings. The van der Waals surface area contributed by atoms with Crippen molar-refractivity contribution >= 4 is 11.6 Å². The molecular weight excluding hydrogens is 219 g/mol. The second-order valence-electron chi connectivity index (χ2n) is 4.72. The summed E-state index contributed by atoms with van der Waals surface area (Å²) in [6.45, 7) is 2.30. The lowest BCUT2D eigenvalue weighted by molar-refractivity contribution is -0.123. The third-order valence-electron chi connectivity index (χ3n) is 3.56. The van der Waals surface area contributed by atoms with Gasteiger partial charge in [-0.1, -0.05) is 0 Å². The fraction of sp³-hybridized carbons (Fsp3) is 0.462. The normalized spacial score (nSPS) is 19.7. The number of carbonyl (C=O) groups excluding carboxylic acids is 1. The lowest BCUT2D eigenvalue weighted by Crippen LogP contribution is -2.53. The van der Waals surface area contributed by atoms with Crippen molar-refractivity contribution in [1.29, 1.82) is 0 Å². The highest BCUT2D eigenvalue weighted by molar-refractivity contribution is 5.96. The Balaban J connectivity index is 1.90. The first-order chi connectivity index (χ1) is 8.25. The van der Waals surface area contributed by atoms with Gasteiger partial charge in [-0.3, -0.25) is 4.79 Å². The molecule has 0 atom stereocenters. The molecule has 1 aromatic rings. The molecule has 1 N–H and O–H groups in total. The van der Waals surface area contributed by atoms with E-state index in [-0.39, 0.29) is 17.6 Å². The molecule has 1 saturated heterocycles. The van der Waals surface area contributed by atoms with Crippen molar-refractivity contribution in [2.75, 3.05) is 24.5 Å². The van der Waals surface area contributed by atoms with Gasteiger partial charge in [0.1, 0.15) is 5.82 Å². The van der Waals surface area contributed by atoms with E-state index in [1.165, 1.54) is 6.07 Å². The Morgan fingerprint density at radius 1 is 1.41 bits per heavy atom. The van der Waals surface area contributed by atoms with Crippen LogP contribution in [-0.2, 0) is 11.2 Å². The summed E-state index contributed by atoms with van der Waals surface area (Å²) in [4.78, 5) is 14.0. The maximum atomic E-state index is 13.1. The van der Waals surface area contributed by atoms with Crippen molar-refractivity contribution in [3.8, 4) is 0 Å². The Morgan fingerprint density at radius 2 is 2.24 bits per heavy atom. The van der Waals surface area contributed by atoms with Gasteiger partial charge in [-0.05, 0) is 36.6 Å². The number of aryl methyl sites for hydroxylation is 1. The number of amides is 1. The highest BCUT2D eigenvalue weighted by atomic mass is 19.1. The van der Waals surface area contributed by atoms with Crippen LogP contribution in [0.1, 0.15) is 12.0 Å². The molecular formula is C13H15FN2O. The molecule has 17 heavy (non-hydrogen) atoms. The summed E-state index contributed by atoms with van der Waals surface area (Å²) in [6, 6.07) is 4.71. The van der Waals surface area contributed by atoms with E-state index in [4.69, 9.17) is 0 Å². The first-order valence-corrected chi connectivity index (χ1v) is 6.06. The minimum Gasteiger partial charge on any atom is -0.315 e. The van der Waals surface area contributed by atoms with Crippen LogP contribution in [0.25, 0.3) is 0 Å². The number of nitrogens with zero attached hydrogens (tertiary/aromatic N) is 1. The van der Waals surface area contributed by atoms with E-state index in [0.717, 1.165) is 43.7 Å². The summed E-state index contributed by atoms with van der Waals surface area (Å²) < 4.78 is 13.1. The fourth-order valence-corrected chi connectivity index (χ4v) is 2.48. The zero-order valence-corrected chi connectivity index (χ0v) is 9.58. The summed E-state index contributed by atoms with van der Waals surface area (Å²) in [5.41, 5.74) is 1.85. The number of anilines is 1. The number of hydrogen-bond acceptors (Lipinski definition) is 2. The van der Waals surface area contributed by atoms with Crippen LogP contribution in [0, 0.1) is 11.7 Å². The Morgan fingerprint density at radius 3 is 2.94 bits per heavy atom. The molecule has 0 saturated carbocycles. The van der Waals surface area contributed by atoms with Crippen LogP contribution in [0.5, 0.6) is 0 Å². The second kappa shape index (κ2) is 4.11. The number of rotatable bonds is 1. The van der Waals surface area contributed by atoms with E-state index in [1.807, 2.05) is 4.90 Å². The minimum absolute atomic E-state index is 0.103. The predicted octanol–water partition coefficient (Wildman–Crippen LogP) is 1.32. The molecule has 2 heterocycles. The molecule has 0 aliphatic carbocycles. The van der Waals surface area contributed by atoms with Gasteiger partial charge in [0.15, 0.2) is 0 Å². The molecule has 0 unspecified atom stereocenters. The monoisotopic (exact) mass is 234 g/mol. The van der Waals surface area contributed by atoms with E-state index >= 15 is 0 Å². The molecule has 1 amide bonds. The lowest BCUT2D eigenvalue weighted by Gasteiger charge is -2.35. The smallest absolute Gasteiger partial charge is 0.232 e. The Labute approximate surface area is 99.6 Å². The van der Waals surface area contributed by atoms with Crippen molar-refractivity contribution in [3.63, 3.8) is 0 Å². The molecule has 2 aliphatic heterocycles. The molecule has 1 aromatic carbocycles. The predicted molar refractivity (Wildman–Crippen MR) is 63.4 cm³/mol. The molecule has 3 rings (SSSR count). The van der Waals surface area contributed by atoms with Crippen LogP contribution in [-0.4, -0.2) is 25.5 Å². The molecule has 0 spiro atoms. The van der Waals surface area contributed by atoms with Crippen LogP contribution < -0.4 is 10.2 Å². The number of fused-ring (bicyclic) bond motifs is 1. The summed E-state index contributed by atoms with van der Waals surface area (Å²) >= 11 is 0. The minimum atomic E-state index is -0.219. The van der Waals surface area contributed by atoms with Crippen molar-refractivity contribution in [3.05, 3.63) is 29.6 Å². The molecule has 0 aromatic heterocycles. The van der Waals surface area contributed by atoms with Crippen LogP contribution in [0.3, 0.4) is 0 Å². The maximum Gasteiger partial charge on any atom is 0.232 e. The van der Waals surface area contributed by atoms with Crippen LogP contribution in [0.4, 0.5) is 10.1 Å². The van der Waals surface area contributed by atoms with E-state index in [9.17, 15) is 9.18 Å². The van der Waals surface area contributed by atoms with Gasteiger partial charge in [0.05, 0.1) is 5.92 Å². The first kappa shape index (κ1) is 10.7. The zero-order valence-electron chi connectivity index (χ0n) is 9.58. The molecule has 90 valence electrons. The van der Waals surface area contributed by atoms with Crippen LogP contribution in [0.15, 0.2) is 18.2 Å². The molecule has 0 radical (unpaired) electrons. The van der Waals surface area contributed by atoms with Crippen molar-refractivity contribution < 1.29 is 9.18 Å². The van der Waals surface area contributed by atoms with Crippen LogP contribution >= 0.6 is 0 Å². The third kappa shape index (κ3) is 1.82. The maximum absolute atomic E-state index is 13.1. The zero-order chi connectivity index (χ0) is 11.8. The highest BCUT2D eigenvalue weighted by Crippen LogP contribution is 2.29.